The van der Waals surface area contributed by atoms with Crippen LogP contribution in [0.1, 0.15) is 30.6 Å². The van der Waals surface area contributed by atoms with Crippen molar-refractivity contribution in [3.05, 3.63) is 53.8 Å². The Morgan fingerprint density at radius 1 is 1.10 bits per heavy atom. The third-order valence-corrected chi connectivity index (χ3v) is 9.79. The van der Waals surface area contributed by atoms with E-state index in [0.717, 1.165) is 26.1 Å². The van der Waals surface area contributed by atoms with Crippen molar-refractivity contribution in [2.24, 2.45) is 0 Å². The van der Waals surface area contributed by atoms with Crippen LogP contribution in [-0.2, 0) is 19.5 Å². The van der Waals surface area contributed by atoms with Gasteiger partial charge in [-0.05, 0) is 62.7 Å². The number of aromatic nitrogens is 1. The molecular formula is C27H33FN4O5S2. The van der Waals surface area contributed by atoms with Crippen LogP contribution in [0.25, 0.3) is 10.2 Å². The quantitative estimate of drug-likeness (QED) is 0.405. The molecule has 0 bridgehead atoms. The van der Waals surface area contributed by atoms with Crippen LogP contribution >= 0.6 is 11.3 Å². The molecule has 0 radical (unpaired) electrons. The fraction of sp³-hybridized carbons (Fsp3) is 0.481. The second kappa shape index (κ2) is 11.9. The van der Waals surface area contributed by atoms with Gasteiger partial charge >= 0.3 is 0 Å². The Morgan fingerprint density at radius 2 is 1.79 bits per heavy atom. The number of carbonyl (C=O) groups is 1. The molecule has 0 N–H and O–H groups in total. The number of rotatable bonds is 8. The molecule has 2 aliphatic rings. The Morgan fingerprint density at radius 3 is 2.49 bits per heavy atom. The molecule has 0 aliphatic carbocycles. The maximum absolute atomic E-state index is 13.8. The highest BCUT2D eigenvalue weighted by Crippen LogP contribution is 2.31. The number of anilines is 1. The first-order valence-corrected chi connectivity index (χ1v) is 15.4. The van der Waals surface area contributed by atoms with E-state index in [1.54, 1.807) is 23.1 Å². The molecule has 2 aromatic carbocycles. The number of benzene rings is 2. The standard InChI is InChI=1S/C27H33FN4O5S2/c1-19-17-31(18-20(2)37-19)39(34,35)23-7-4-21(5-8-23)26(33)32(11-3-10-30-12-14-36-15-13-30)27-29-24-9-6-22(28)16-25(24)38-27/h4-9,16,19-20H,3,10-15,17-18H2,1-2H3. The largest absolute Gasteiger partial charge is 0.379 e. The average Bonchev–Trinajstić information content (AvgIpc) is 3.33. The van der Waals surface area contributed by atoms with Crippen LogP contribution in [0.15, 0.2) is 47.4 Å². The molecule has 0 saturated carbocycles. The summed E-state index contributed by atoms with van der Waals surface area (Å²) in [5.41, 5.74) is 0.979. The molecule has 210 valence electrons. The summed E-state index contributed by atoms with van der Waals surface area (Å²) < 4.78 is 53.5. The third kappa shape index (κ3) is 6.47. The van der Waals surface area contributed by atoms with Gasteiger partial charge in [0.2, 0.25) is 10.0 Å². The van der Waals surface area contributed by atoms with Crippen molar-refractivity contribution in [2.75, 3.05) is 57.4 Å². The van der Waals surface area contributed by atoms with Crippen molar-refractivity contribution >= 4 is 42.6 Å². The van der Waals surface area contributed by atoms with E-state index in [1.165, 1.54) is 39.9 Å². The van der Waals surface area contributed by atoms with E-state index in [2.05, 4.69) is 9.88 Å². The number of halogens is 1. The topological polar surface area (TPSA) is 92.3 Å². The predicted octanol–water partition coefficient (Wildman–Crippen LogP) is 3.60. The molecule has 0 spiro atoms. The summed E-state index contributed by atoms with van der Waals surface area (Å²) in [6, 6.07) is 10.4. The molecule has 12 heteroatoms. The minimum Gasteiger partial charge on any atom is -0.379 e. The molecule has 1 amide bonds. The normalized spacial score (nSPS) is 21.3. The van der Waals surface area contributed by atoms with E-state index in [9.17, 15) is 17.6 Å². The summed E-state index contributed by atoms with van der Waals surface area (Å²) in [6.45, 7) is 8.59. The van der Waals surface area contributed by atoms with E-state index < -0.39 is 10.0 Å². The van der Waals surface area contributed by atoms with Crippen LogP contribution in [-0.4, -0.2) is 93.2 Å². The van der Waals surface area contributed by atoms with Gasteiger partial charge in [0.15, 0.2) is 5.13 Å². The van der Waals surface area contributed by atoms with Crippen molar-refractivity contribution < 1.29 is 27.1 Å². The van der Waals surface area contributed by atoms with Crippen LogP contribution in [0.2, 0.25) is 0 Å². The van der Waals surface area contributed by atoms with E-state index in [4.69, 9.17) is 9.47 Å². The van der Waals surface area contributed by atoms with Gasteiger partial charge < -0.3 is 9.47 Å². The fourth-order valence-corrected chi connectivity index (χ4v) is 7.57. The monoisotopic (exact) mass is 576 g/mol. The molecule has 1 aromatic heterocycles. The Hall–Kier alpha value is -2.48. The van der Waals surface area contributed by atoms with Gasteiger partial charge in [0.1, 0.15) is 5.82 Å². The fourth-order valence-electron chi connectivity index (χ4n) is 4.96. The second-order valence-corrected chi connectivity index (χ2v) is 12.9. The molecule has 3 heterocycles. The van der Waals surface area contributed by atoms with Crippen LogP contribution in [0.4, 0.5) is 9.52 Å². The molecule has 2 fully saturated rings. The van der Waals surface area contributed by atoms with Gasteiger partial charge in [0.25, 0.3) is 5.91 Å². The number of hydrogen-bond acceptors (Lipinski definition) is 8. The Bertz CT molecular complexity index is 1400. The van der Waals surface area contributed by atoms with Gasteiger partial charge in [-0.15, -0.1) is 0 Å². The maximum atomic E-state index is 13.8. The molecule has 9 nitrogen and oxygen atoms in total. The van der Waals surface area contributed by atoms with Gasteiger partial charge in [-0.1, -0.05) is 11.3 Å². The summed E-state index contributed by atoms with van der Waals surface area (Å²) in [5.74, 6) is -0.641. The highest BCUT2D eigenvalue weighted by atomic mass is 32.2. The van der Waals surface area contributed by atoms with E-state index in [-0.39, 0.29) is 41.9 Å². The first-order chi connectivity index (χ1) is 18.7. The van der Waals surface area contributed by atoms with Crippen LogP contribution in [0, 0.1) is 5.82 Å². The summed E-state index contributed by atoms with van der Waals surface area (Å²) in [4.78, 5) is 22.4. The van der Waals surface area contributed by atoms with Crippen LogP contribution in [0.5, 0.6) is 0 Å². The lowest BCUT2D eigenvalue weighted by Gasteiger charge is -2.34. The van der Waals surface area contributed by atoms with Crippen LogP contribution in [0.3, 0.4) is 0 Å². The zero-order valence-corrected chi connectivity index (χ0v) is 23.7. The summed E-state index contributed by atoms with van der Waals surface area (Å²) >= 11 is 1.26. The number of amides is 1. The minimum atomic E-state index is -3.72. The van der Waals surface area contributed by atoms with E-state index in [1.807, 2.05) is 13.8 Å². The summed E-state index contributed by atoms with van der Waals surface area (Å²) in [5, 5.41) is 0.482. The number of nitrogens with zero attached hydrogens (tertiary/aromatic N) is 4. The van der Waals surface area contributed by atoms with Gasteiger partial charge in [-0.3, -0.25) is 14.6 Å². The molecule has 5 rings (SSSR count). The van der Waals surface area contributed by atoms with Crippen molar-refractivity contribution in [3.8, 4) is 0 Å². The first kappa shape index (κ1) is 28.1. The Labute approximate surface area is 232 Å². The lowest BCUT2D eigenvalue weighted by atomic mass is 10.2. The van der Waals surface area contributed by atoms with Gasteiger partial charge in [-0.25, -0.2) is 17.8 Å². The number of sulfonamides is 1. The second-order valence-electron chi connectivity index (χ2n) is 9.98. The van der Waals surface area contributed by atoms with Gasteiger partial charge in [-0.2, -0.15) is 4.31 Å². The molecular weight excluding hydrogens is 543 g/mol. The predicted molar refractivity (Wildman–Crippen MR) is 148 cm³/mol. The van der Waals surface area contributed by atoms with Crippen molar-refractivity contribution in [1.82, 2.24) is 14.2 Å². The smallest absolute Gasteiger partial charge is 0.260 e. The lowest BCUT2D eigenvalue weighted by molar-refractivity contribution is -0.0440. The highest BCUT2D eigenvalue weighted by Gasteiger charge is 2.32. The summed E-state index contributed by atoms with van der Waals surface area (Å²) in [6.07, 6.45) is 0.325. The zero-order chi connectivity index (χ0) is 27.6. The number of carbonyl (C=O) groups excluding carboxylic acids is 1. The molecule has 2 saturated heterocycles. The molecule has 2 atom stereocenters. The summed E-state index contributed by atoms with van der Waals surface area (Å²) in [7, 11) is -3.72. The lowest BCUT2D eigenvalue weighted by Crippen LogP contribution is -2.48. The number of thiazole rings is 1. The maximum Gasteiger partial charge on any atom is 0.260 e. The molecule has 2 unspecified atom stereocenters. The Kier molecular flexibility index (Phi) is 8.60. The van der Waals surface area contributed by atoms with Gasteiger partial charge in [0, 0.05) is 44.8 Å². The number of morpholine rings is 2. The SMILES string of the molecule is CC1CN(S(=O)(=O)c2ccc(C(=O)N(CCCN3CCOCC3)c3nc4ccc(F)cc4s3)cc2)CC(C)O1. The van der Waals surface area contributed by atoms with Crippen molar-refractivity contribution in [3.63, 3.8) is 0 Å². The minimum absolute atomic E-state index is 0.134. The van der Waals surface area contributed by atoms with Crippen molar-refractivity contribution in [2.45, 2.75) is 37.4 Å². The van der Waals surface area contributed by atoms with Crippen LogP contribution < -0.4 is 4.90 Å². The average molecular weight is 577 g/mol. The zero-order valence-electron chi connectivity index (χ0n) is 22.1. The highest BCUT2D eigenvalue weighted by molar-refractivity contribution is 7.89. The third-order valence-electron chi connectivity index (χ3n) is 6.90. The molecule has 2 aliphatic heterocycles. The number of fused-ring (bicyclic) bond motifs is 1. The number of hydrogen-bond donors (Lipinski definition) is 0. The molecule has 39 heavy (non-hydrogen) atoms. The number of ether oxygens (including phenoxy) is 2. The first-order valence-electron chi connectivity index (χ1n) is 13.1. The van der Waals surface area contributed by atoms with E-state index >= 15 is 0 Å². The molecule has 3 aromatic rings. The van der Waals surface area contributed by atoms with E-state index in [0.29, 0.717) is 40.7 Å². The van der Waals surface area contributed by atoms with Crippen molar-refractivity contribution in [1.29, 1.82) is 0 Å². The van der Waals surface area contributed by atoms with Gasteiger partial charge in [0.05, 0.1) is 40.5 Å². The Balaban J connectivity index is 1.37.